The van der Waals surface area contributed by atoms with E-state index in [1.165, 1.54) is 12.1 Å². The standard InChI is InChI=1S/C14H20FNO/c1-10-7-14(8-11(2)17-10)16-9-12-3-5-13(15)6-4-12/h3-6,10-11,14,16H,7-9H2,1-2H3. The van der Waals surface area contributed by atoms with Crippen LogP contribution in [0.3, 0.4) is 0 Å². The number of hydrogen-bond acceptors (Lipinski definition) is 2. The average molecular weight is 237 g/mol. The molecule has 0 radical (unpaired) electrons. The summed E-state index contributed by atoms with van der Waals surface area (Å²) in [5.41, 5.74) is 1.12. The van der Waals surface area contributed by atoms with Crippen molar-refractivity contribution in [3.05, 3.63) is 35.6 Å². The van der Waals surface area contributed by atoms with E-state index in [4.69, 9.17) is 4.74 Å². The summed E-state index contributed by atoms with van der Waals surface area (Å²) >= 11 is 0. The van der Waals surface area contributed by atoms with Gasteiger partial charge in [0, 0.05) is 12.6 Å². The number of hydrogen-bond donors (Lipinski definition) is 1. The number of rotatable bonds is 3. The molecule has 0 bridgehead atoms. The normalized spacial score (nSPS) is 29.2. The minimum Gasteiger partial charge on any atom is -0.375 e. The van der Waals surface area contributed by atoms with Crippen LogP contribution < -0.4 is 5.32 Å². The lowest BCUT2D eigenvalue weighted by atomic mass is 9.99. The van der Waals surface area contributed by atoms with Gasteiger partial charge >= 0.3 is 0 Å². The lowest BCUT2D eigenvalue weighted by Gasteiger charge is -2.32. The Balaban J connectivity index is 1.83. The molecule has 17 heavy (non-hydrogen) atoms. The SMILES string of the molecule is CC1CC(NCc2ccc(F)cc2)CC(C)O1. The van der Waals surface area contributed by atoms with Crippen LogP contribution in [0, 0.1) is 5.82 Å². The van der Waals surface area contributed by atoms with E-state index in [9.17, 15) is 4.39 Å². The van der Waals surface area contributed by atoms with Gasteiger partial charge in [-0.05, 0) is 44.4 Å². The van der Waals surface area contributed by atoms with Gasteiger partial charge in [0.2, 0.25) is 0 Å². The molecule has 3 heteroatoms. The average Bonchev–Trinajstić information content (AvgIpc) is 2.27. The second-order valence-electron chi connectivity index (χ2n) is 4.93. The molecule has 0 saturated carbocycles. The van der Waals surface area contributed by atoms with E-state index in [0.717, 1.165) is 24.9 Å². The maximum absolute atomic E-state index is 12.7. The van der Waals surface area contributed by atoms with Crippen molar-refractivity contribution in [2.24, 2.45) is 0 Å². The molecule has 1 aromatic carbocycles. The summed E-state index contributed by atoms with van der Waals surface area (Å²) in [6.45, 7) is 5.02. The fraction of sp³-hybridized carbons (Fsp3) is 0.571. The number of ether oxygens (including phenoxy) is 1. The fourth-order valence-corrected chi connectivity index (χ4v) is 2.44. The van der Waals surface area contributed by atoms with Crippen LogP contribution in [0.15, 0.2) is 24.3 Å². The Hall–Kier alpha value is -0.930. The van der Waals surface area contributed by atoms with E-state index < -0.39 is 0 Å². The third kappa shape index (κ3) is 3.79. The van der Waals surface area contributed by atoms with Gasteiger partial charge < -0.3 is 10.1 Å². The van der Waals surface area contributed by atoms with E-state index in [-0.39, 0.29) is 5.82 Å². The number of nitrogens with one attached hydrogen (secondary N) is 1. The van der Waals surface area contributed by atoms with Crippen LogP contribution in [-0.2, 0) is 11.3 Å². The maximum atomic E-state index is 12.7. The molecule has 0 aliphatic carbocycles. The van der Waals surface area contributed by atoms with Gasteiger partial charge in [-0.1, -0.05) is 12.1 Å². The quantitative estimate of drug-likeness (QED) is 0.872. The molecule has 2 nitrogen and oxygen atoms in total. The van der Waals surface area contributed by atoms with E-state index in [1.54, 1.807) is 0 Å². The predicted molar refractivity (Wildman–Crippen MR) is 66.3 cm³/mol. The van der Waals surface area contributed by atoms with Gasteiger partial charge in [0.05, 0.1) is 12.2 Å². The van der Waals surface area contributed by atoms with Crippen molar-refractivity contribution in [3.8, 4) is 0 Å². The smallest absolute Gasteiger partial charge is 0.123 e. The van der Waals surface area contributed by atoms with Crippen molar-refractivity contribution < 1.29 is 9.13 Å². The molecule has 0 amide bonds. The van der Waals surface area contributed by atoms with Gasteiger partial charge in [-0.2, -0.15) is 0 Å². The first-order valence-corrected chi connectivity index (χ1v) is 6.27. The van der Waals surface area contributed by atoms with Crippen LogP contribution in [0.4, 0.5) is 4.39 Å². The molecule has 2 unspecified atom stereocenters. The van der Waals surface area contributed by atoms with Gasteiger partial charge in [-0.15, -0.1) is 0 Å². The summed E-state index contributed by atoms with van der Waals surface area (Å²) in [5, 5.41) is 3.52. The Labute approximate surface area is 102 Å². The summed E-state index contributed by atoms with van der Waals surface area (Å²) in [7, 11) is 0. The zero-order valence-corrected chi connectivity index (χ0v) is 10.4. The summed E-state index contributed by atoms with van der Waals surface area (Å²) in [6.07, 6.45) is 2.74. The Morgan fingerprint density at radius 3 is 2.35 bits per heavy atom. The molecule has 1 fully saturated rings. The van der Waals surface area contributed by atoms with Gasteiger partial charge in [-0.3, -0.25) is 0 Å². The third-order valence-corrected chi connectivity index (χ3v) is 3.21. The Bertz CT molecular complexity index is 342. The van der Waals surface area contributed by atoms with E-state index in [2.05, 4.69) is 19.2 Å². The van der Waals surface area contributed by atoms with E-state index in [0.29, 0.717) is 18.2 Å². The zero-order chi connectivity index (χ0) is 12.3. The fourth-order valence-electron chi connectivity index (χ4n) is 2.44. The highest BCUT2D eigenvalue weighted by molar-refractivity contribution is 5.15. The van der Waals surface area contributed by atoms with Crippen LogP contribution in [0.1, 0.15) is 32.3 Å². The Morgan fingerprint density at radius 1 is 1.18 bits per heavy atom. The largest absolute Gasteiger partial charge is 0.375 e. The second kappa shape index (κ2) is 5.61. The molecule has 94 valence electrons. The minimum atomic E-state index is -0.179. The lowest BCUT2D eigenvalue weighted by Crippen LogP contribution is -2.40. The summed E-state index contributed by atoms with van der Waals surface area (Å²) in [4.78, 5) is 0. The number of halogens is 1. The molecule has 0 spiro atoms. The van der Waals surface area contributed by atoms with Crippen molar-refractivity contribution >= 4 is 0 Å². The van der Waals surface area contributed by atoms with Crippen molar-refractivity contribution in [2.45, 2.75) is 51.5 Å². The van der Waals surface area contributed by atoms with Crippen molar-refractivity contribution in [1.29, 1.82) is 0 Å². The second-order valence-corrected chi connectivity index (χ2v) is 4.93. The monoisotopic (exact) mass is 237 g/mol. The molecule has 1 saturated heterocycles. The lowest BCUT2D eigenvalue weighted by molar-refractivity contribution is -0.0422. The molecular weight excluding hydrogens is 217 g/mol. The molecular formula is C14H20FNO. The molecule has 1 aliphatic rings. The Morgan fingerprint density at radius 2 is 1.76 bits per heavy atom. The topological polar surface area (TPSA) is 21.3 Å². The highest BCUT2D eigenvalue weighted by atomic mass is 19.1. The first kappa shape index (κ1) is 12.5. The van der Waals surface area contributed by atoms with Crippen LogP contribution in [-0.4, -0.2) is 18.2 Å². The van der Waals surface area contributed by atoms with Gasteiger partial charge in [-0.25, -0.2) is 4.39 Å². The number of benzene rings is 1. The van der Waals surface area contributed by atoms with E-state index in [1.807, 2.05) is 12.1 Å². The summed E-state index contributed by atoms with van der Waals surface area (Å²) in [6, 6.07) is 7.17. The van der Waals surface area contributed by atoms with E-state index >= 15 is 0 Å². The van der Waals surface area contributed by atoms with Crippen LogP contribution in [0.5, 0.6) is 0 Å². The summed E-state index contributed by atoms with van der Waals surface area (Å²) in [5.74, 6) is -0.179. The zero-order valence-electron chi connectivity index (χ0n) is 10.4. The molecule has 2 rings (SSSR count). The Kier molecular flexibility index (Phi) is 4.13. The minimum absolute atomic E-state index is 0.179. The maximum Gasteiger partial charge on any atom is 0.123 e. The third-order valence-electron chi connectivity index (χ3n) is 3.21. The highest BCUT2D eigenvalue weighted by Gasteiger charge is 2.23. The van der Waals surface area contributed by atoms with Gasteiger partial charge in [0.1, 0.15) is 5.82 Å². The highest BCUT2D eigenvalue weighted by Crippen LogP contribution is 2.19. The predicted octanol–water partition coefficient (Wildman–Crippen LogP) is 2.87. The van der Waals surface area contributed by atoms with Crippen molar-refractivity contribution in [1.82, 2.24) is 5.32 Å². The van der Waals surface area contributed by atoms with Crippen molar-refractivity contribution in [3.63, 3.8) is 0 Å². The van der Waals surface area contributed by atoms with Crippen LogP contribution >= 0.6 is 0 Å². The summed E-state index contributed by atoms with van der Waals surface area (Å²) < 4.78 is 18.4. The molecule has 1 aromatic rings. The first-order valence-electron chi connectivity index (χ1n) is 6.27. The molecule has 2 atom stereocenters. The van der Waals surface area contributed by atoms with Gasteiger partial charge in [0.15, 0.2) is 0 Å². The van der Waals surface area contributed by atoms with Gasteiger partial charge in [0.25, 0.3) is 0 Å². The molecule has 1 heterocycles. The molecule has 0 aromatic heterocycles. The molecule has 1 N–H and O–H groups in total. The van der Waals surface area contributed by atoms with Crippen LogP contribution in [0.25, 0.3) is 0 Å². The van der Waals surface area contributed by atoms with Crippen LogP contribution in [0.2, 0.25) is 0 Å². The first-order chi connectivity index (χ1) is 8.13. The van der Waals surface area contributed by atoms with Crippen molar-refractivity contribution in [2.75, 3.05) is 0 Å². The molecule has 1 aliphatic heterocycles.